The first-order valence-electron chi connectivity index (χ1n) is 5.97. The zero-order chi connectivity index (χ0) is 12.4. The van der Waals surface area contributed by atoms with Gasteiger partial charge in [0.05, 0.1) is 0 Å². The highest BCUT2D eigenvalue weighted by Gasteiger charge is 2.22. The van der Waals surface area contributed by atoms with Crippen molar-refractivity contribution in [2.45, 2.75) is 32.5 Å². The molecule has 1 fully saturated rings. The average molecular weight is 318 g/mol. The van der Waals surface area contributed by atoms with Gasteiger partial charge in [0.15, 0.2) is 0 Å². The standard InChI is InChI=1S/C13H18BrClN2/c1-9-7-17(10(2)6-16-9)8-11-5-12(15)3-4-13(11)14/h3-5,9-10,16H,6-8H2,1-2H3. The molecule has 1 aliphatic heterocycles. The second-order valence-electron chi connectivity index (χ2n) is 4.82. The van der Waals surface area contributed by atoms with Crippen molar-refractivity contribution >= 4 is 27.5 Å². The Labute approximate surface area is 116 Å². The molecular formula is C13H18BrClN2. The highest BCUT2D eigenvalue weighted by Crippen LogP contribution is 2.23. The first kappa shape index (κ1) is 13.3. The van der Waals surface area contributed by atoms with Crippen LogP contribution in [0.2, 0.25) is 5.02 Å². The summed E-state index contributed by atoms with van der Waals surface area (Å²) in [5.41, 5.74) is 1.26. The topological polar surface area (TPSA) is 15.3 Å². The Morgan fingerprint density at radius 3 is 3.00 bits per heavy atom. The van der Waals surface area contributed by atoms with Crippen molar-refractivity contribution in [1.82, 2.24) is 10.2 Å². The quantitative estimate of drug-likeness (QED) is 0.900. The van der Waals surface area contributed by atoms with Crippen LogP contribution in [0.1, 0.15) is 19.4 Å². The van der Waals surface area contributed by atoms with E-state index in [9.17, 15) is 0 Å². The second kappa shape index (κ2) is 5.70. The van der Waals surface area contributed by atoms with Crippen LogP contribution in [0.3, 0.4) is 0 Å². The summed E-state index contributed by atoms with van der Waals surface area (Å²) < 4.78 is 1.14. The Balaban J connectivity index is 2.11. The Kier molecular flexibility index (Phi) is 4.47. The lowest BCUT2D eigenvalue weighted by Crippen LogP contribution is -2.53. The molecule has 1 aliphatic rings. The largest absolute Gasteiger partial charge is 0.311 e. The summed E-state index contributed by atoms with van der Waals surface area (Å²) in [6, 6.07) is 7.11. The molecule has 0 aromatic heterocycles. The van der Waals surface area contributed by atoms with Crippen LogP contribution in [-0.2, 0) is 6.54 Å². The molecule has 1 saturated heterocycles. The fourth-order valence-electron chi connectivity index (χ4n) is 2.20. The molecule has 1 aromatic carbocycles. The van der Waals surface area contributed by atoms with Gasteiger partial charge >= 0.3 is 0 Å². The predicted molar refractivity (Wildman–Crippen MR) is 76.5 cm³/mol. The summed E-state index contributed by atoms with van der Waals surface area (Å²) in [7, 11) is 0. The smallest absolute Gasteiger partial charge is 0.0410 e. The molecule has 2 unspecified atom stereocenters. The molecule has 0 spiro atoms. The SMILES string of the molecule is CC1CN(Cc2cc(Cl)ccc2Br)C(C)CN1. The number of hydrogen-bond acceptors (Lipinski definition) is 2. The Morgan fingerprint density at radius 2 is 2.24 bits per heavy atom. The van der Waals surface area contributed by atoms with Gasteiger partial charge in [-0.1, -0.05) is 27.5 Å². The summed E-state index contributed by atoms with van der Waals surface area (Å²) in [6.07, 6.45) is 0. The highest BCUT2D eigenvalue weighted by atomic mass is 79.9. The maximum absolute atomic E-state index is 6.05. The van der Waals surface area contributed by atoms with Crippen LogP contribution in [0.5, 0.6) is 0 Å². The molecule has 94 valence electrons. The van der Waals surface area contributed by atoms with Crippen molar-refractivity contribution in [3.63, 3.8) is 0 Å². The van der Waals surface area contributed by atoms with Crippen LogP contribution in [0.4, 0.5) is 0 Å². The van der Waals surface area contributed by atoms with E-state index in [-0.39, 0.29) is 0 Å². The van der Waals surface area contributed by atoms with Gasteiger partial charge in [0, 0.05) is 41.2 Å². The number of piperazine rings is 1. The lowest BCUT2D eigenvalue weighted by molar-refractivity contribution is 0.138. The van der Waals surface area contributed by atoms with E-state index in [4.69, 9.17) is 11.6 Å². The number of nitrogens with zero attached hydrogens (tertiary/aromatic N) is 1. The predicted octanol–water partition coefficient (Wildman–Crippen LogP) is 3.28. The number of hydrogen-bond donors (Lipinski definition) is 1. The van der Waals surface area contributed by atoms with Gasteiger partial charge < -0.3 is 5.32 Å². The summed E-state index contributed by atoms with van der Waals surface area (Å²) in [4.78, 5) is 2.50. The maximum Gasteiger partial charge on any atom is 0.0410 e. The molecule has 1 N–H and O–H groups in total. The van der Waals surface area contributed by atoms with Crippen molar-refractivity contribution in [2.24, 2.45) is 0 Å². The molecular weight excluding hydrogens is 300 g/mol. The van der Waals surface area contributed by atoms with Crippen LogP contribution in [0, 0.1) is 0 Å². The van der Waals surface area contributed by atoms with E-state index in [0.29, 0.717) is 12.1 Å². The Hall–Kier alpha value is -0.0900. The number of nitrogens with one attached hydrogen (secondary N) is 1. The van der Waals surface area contributed by atoms with E-state index >= 15 is 0 Å². The normalized spacial score (nSPS) is 26.1. The van der Waals surface area contributed by atoms with Crippen LogP contribution < -0.4 is 5.32 Å². The van der Waals surface area contributed by atoms with Gasteiger partial charge in [-0.2, -0.15) is 0 Å². The molecule has 0 amide bonds. The zero-order valence-electron chi connectivity index (χ0n) is 10.2. The van der Waals surface area contributed by atoms with Gasteiger partial charge in [-0.25, -0.2) is 0 Å². The van der Waals surface area contributed by atoms with Crippen LogP contribution >= 0.6 is 27.5 Å². The van der Waals surface area contributed by atoms with E-state index in [0.717, 1.165) is 29.1 Å². The van der Waals surface area contributed by atoms with Crippen molar-refractivity contribution in [1.29, 1.82) is 0 Å². The van der Waals surface area contributed by atoms with Gasteiger partial charge in [0.25, 0.3) is 0 Å². The highest BCUT2D eigenvalue weighted by molar-refractivity contribution is 9.10. The third kappa shape index (κ3) is 3.44. The fourth-order valence-corrected chi connectivity index (χ4v) is 2.77. The Morgan fingerprint density at radius 1 is 1.47 bits per heavy atom. The first-order chi connectivity index (χ1) is 8.06. The second-order valence-corrected chi connectivity index (χ2v) is 6.11. The molecule has 2 rings (SSSR count). The molecule has 4 heteroatoms. The van der Waals surface area contributed by atoms with Gasteiger partial charge in [-0.15, -0.1) is 0 Å². The van der Waals surface area contributed by atoms with Crippen LogP contribution in [0.25, 0.3) is 0 Å². The van der Waals surface area contributed by atoms with E-state index in [1.54, 1.807) is 0 Å². The minimum absolute atomic E-state index is 0.559. The minimum Gasteiger partial charge on any atom is -0.311 e. The number of rotatable bonds is 2. The van der Waals surface area contributed by atoms with Crippen LogP contribution in [-0.4, -0.2) is 30.1 Å². The molecule has 0 saturated carbocycles. The lowest BCUT2D eigenvalue weighted by atomic mass is 10.1. The van der Waals surface area contributed by atoms with E-state index < -0.39 is 0 Å². The molecule has 0 bridgehead atoms. The Bertz CT molecular complexity index is 397. The van der Waals surface area contributed by atoms with Crippen molar-refractivity contribution < 1.29 is 0 Å². The monoisotopic (exact) mass is 316 g/mol. The third-order valence-electron chi connectivity index (χ3n) is 3.27. The maximum atomic E-state index is 6.05. The number of halogens is 2. The summed E-state index contributed by atoms with van der Waals surface area (Å²) in [6.45, 7) is 7.58. The molecule has 2 nitrogen and oxygen atoms in total. The van der Waals surface area contributed by atoms with Gasteiger partial charge in [0.1, 0.15) is 0 Å². The third-order valence-corrected chi connectivity index (χ3v) is 4.28. The molecule has 2 atom stereocenters. The molecule has 17 heavy (non-hydrogen) atoms. The molecule has 1 aromatic rings. The number of benzene rings is 1. The van der Waals surface area contributed by atoms with E-state index in [2.05, 4.69) is 40.0 Å². The zero-order valence-corrected chi connectivity index (χ0v) is 12.6. The van der Waals surface area contributed by atoms with E-state index in [1.165, 1.54) is 5.56 Å². The van der Waals surface area contributed by atoms with Gasteiger partial charge in [-0.3, -0.25) is 4.90 Å². The van der Waals surface area contributed by atoms with E-state index in [1.807, 2.05) is 18.2 Å². The van der Waals surface area contributed by atoms with Gasteiger partial charge in [0.2, 0.25) is 0 Å². The lowest BCUT2D eigenvalue weighted by Gasteiger charge is -2.37. The minimum atomic E-state index is 0.559. The van der Waals surface area contributed by atoms with Crippen molar-refractivity contribution in [2.75, 3.05) is 13.1 Å². The summed E-state index contributed by atoms with van der Waals surface area (Å²) in [5, 5.41) is 4.30. The molecule has 1 heterocycles. The first-order valence-corrected chi connectivity index (χ1v) is 7.14. The molecule has 0 radical (unpaired) electrons. The summed E-state index contributed by atoms with van der Waals surface area (Å²) >= 11 is 9.64. The summed E-state index contributed by atoms with van der Waals surface area (Å²) in [5.74, 6) is 0. The van der Waals surface area contributed by atoms with Crippen molar-refractivity contribution in [3.8, 4) is 0 Å². The van der Waals surface area contributed by atoms with Crippen LogP contribution in [0.15, 0.2) is 22.7 Å². The molecule has 0 aliphatic carbocycles. The fraction of sp³-hybridized carbons (Fsp3) is 0.538. The average Bonchev–Trinajstić information content (AvgIpc) is 2.28. The van der Waals surface area contributed by atoms with Gasteiger partial charge in [-0.05, 0) is 37.6 Å². The van der Waals surface area contributed by atoms with Crippen molar-refractivity contribution in [3.05, 3.63) is 33.3 Å².